The molecule has 0 atom stereocenters. The van der Waals surface area contributed by atoms with E-state index in [0.29, 0.717) is 0 Å². The van der Waals surface area contributed by atoms with E-state index in [0.717, 1.165) is 12.1 Å². The molecule has 0 aliphatic carbocycles. The molecule has 0 unspecified atom stereocenters. The fourth-order valence-electron chi connectivity index (χ4n) is 0.772. The number of benzene rings is 1. The van der Waals surface area contributed by atoms with Gasteiger partial charge in [-0.25, -0.2) is 8.78 Å². The van der Waals surface area contributed by atoms with Gasteiger partial charge in [-0.3, -0.25) is 0 Å². The Morgan fingerprint density at radius 2 is 2.00 bits per heavy atom. The van der Waals surface area contributed by atoms with E-state index in [1.54, 1.807) is 0 Å². The lowest BCUT2D eigenvalue weighted by molar-refractivity contribution is 0.422. The lowest BCUT2D eigenvalue weighted by Gasteiger charge is -2.01. The Bertz CT molecular complexity index is 275. The third-order valence-corrected chi connectivity index (χ3v) is 1.37. The molecule has 0 bridgehead atoms. The zero-order valence-corrected chi connectivity index (χ0v) is 5.64. The minimum absolute atomic E-state index is 0.258. The van der Waals surface area contributed by atoms with Gasteiger partial charge < -0.3 is 10.8 Å². The molecule has 3 N–H and O–H groups in total. The van der Waals surface area contributed by atoms with Crippen molar-refractivity contribution < 1.29 is 13.9 Å². The standard InChI is InChI=1S/C7H7F2NO/c8-5-1-2-6(11)7(9)4(5)3-10/h1-2,11H,3,10H2. The van der Waals surface area contributed by atoms with Crippen LogP contribution in [0, 0.1) is 11.6 Å². The number of phenolic OH excluding ortho intramolecular Hbond substituents is 1. The third-order valence-electron chi connectivity index (χ3n) is 1.37. The van der Waals surface area contributed by atoms with E-state index in [2.05, 4.69) is 0 Å². The lowest BCUT2D eigenvalue weighted by atomic mass is 10.2. The van der Waals surface area contributed by atoms with Crippen molar-refractivity contribution in [3.63, 3.8) is 0 Å². The summed E-state index contributed by atoms with van der Waals surface area (Å²) in [5, 5.41) is 8.76. The Kier molecular flexibility index (Phi) is 2.05. The number of halogens is 2. The maximum atomic E-state index is 12.7. The summed E-state index contributed by atoms with van der Waals surface area (Å²) in [6.07, 6.45) is 0. The molecule has 0 fully saturated rings. The van der Waals surface area contributed by atoms with Gasteiger partial charge in [-0.15, -0.1) is 0 Å². The third kappa shape index (κ3) is 1.30. The van der Waals surface area contributed by atoms with Crippen LogP contribution < -0.4 is 5.73 Å². The zero-order chi connectivity index (χ0) is 8.43. The van der Waals surface area contributed by atoms with Gasteiger partial charge in [0, 0.05) is 12.1 Å². The van der Waals surface area contributed by atoms with Gasteiger partial charge in [0.15, 0.2) is 11.6 Å². The summed E-state index contributed by atoms with van der Waals surface area (Å²) < 4.78 is 25.3. The van der Waals surface area contributed by atoms with E-state index in [1.165, 1.54) is 0 Å². The quantitative estimate of drug-likeness (QED) is 0.645. The Morgan fingerprint density at radius 3 is 2.45 bits per heavy atom. The molecule has 0 spiro atoms. The highest BCUT2D eigenvalue weighted by molar-refractivity contribution is 5.30. The Morgan fingerprint density at radius 1 is 1.36 bits per heavy atom. The first-order valence-electron chi connectivity index (χ1n) is 3.02. The molecule has 0 heterocycles. The molecule has 0 radical (unpaired) electrons. The Hall–Kier alpha value is -1.16. The molecule has 1 aromatic rings. The molecule has 1 rings (SSSR count). The normalized spacial score (nSPS) is 10.1. The van der Waals surface area contributed by atoms with Crippen LogP contribution in [0.3, 0.4) is 0 Å². The van der Waals surface area contributed by atoms with Crippen LogP contribution >= 0.6 is 0 Å². The maximum Gasteiger partial charge on any atom is 0.172 e. The van der Waals surface area contributed by atoms with Crippen LogP contribution in [0.5, 0.6) is 5.75 Å². The SMILES string of the molecule is NCc1c(F)ccc(O)c1F. The summed E-state index contributed by atoms with van der Waals surface area (Å²) in [5.41, 5.74) is 4.74. The summed E-state index contributed by atoms with van der Waals surface area (Å²) in [6, 6.07) is 1.92. The first kappa shape index (κ1) is 7.94. The van der Waals surface area contributed by atoms with Crippen LogP contribution in [-0.4, -0.2) is 5.11 Å². The zero-order valence-electron chi connectivity index (χ0n) is 5.64. The molecule has 0 aliphatic rings. The van der Waals surface area contributed by atoms with Crippen molar-refractivity contribution in [1.82, 2.24) is 0 Å². The molecule has 11 heavy (non-hydrogen) atoms. The fraction of sp³-hybridized carbons (Fsp3) is 0.143. The van der Waals surface area contributed by atoms with Gasteiger partial charge in [0.2, 0.25) is 0 Å². The highest BCUT2D eigenvalue weighted by Crippen LogP contribution is 2.20. The Labute approximate surface area is 62.3 Å². The first-order chi connectivity index (χ1) is 5.16. The highest BCUT2D eigenvalue weighted by atomic mass is 19.1. The summed E-state index contributed by atoms with van der Waals surface area (Å²) in [6.45, 7) is -0.258. The molecule has 0 saturated heterocycles. The summed E-state index contributed by atoms with van der Waals surface area (Å²) >= 11 is 0. The molecule has 1 aromatic carbocycles. The van der Waals surface area contributed by atoms with Crippen molar-refractivity contribution in [2.75, 3.05) is 0 Å². The van der Waals surface area contributed by atoms with E-state index >= 15 is 0 Å². The molecule has 4 heteroatoms. The topological polar surface area (TPSA) is 46.2 Å². The van der Waals surface area contributed by atoms with Crippen LogP contribution in [0.15, 0.2) is 12.1 Å². The van der Waals surface area contributed by atoms with Crippen molar-refractivity contribution in [2.24, 2.45) is 5.73 Å². The molecule has 0 aromatic heterocycles. The first-order valence-corrected chi connectivity index (χ1v) is 3.02. The average molecular weight is 159 g/mol. The second kappa shape index (κ2) is 2.84. The monoisotopic (exact) mass is 159 g/mol. The highest BCUT2D eigenvalue weighted by Gasteiger charge is 2.10. The predicted molar refractivity (Wildman–Crippen MR) is 35.9 cm³/mol. The lowest BCUT2D eigenvalue weighted by Crippen LogP contribution is -2.03. The fourth-order valence-corrected chi connectivity index (χ4v) is 0.772. The van der Waals surface area contributed by atoms with Gasteiger partial charge in [-0.05, 0) is 12.1 Å². The number of hydrogen-bond acceptors (Lipinski definition) is 2. The van der Waals surface area contributed by atoms with Gasteiger partial charge in [-0.2, -0.15) is 0 Å². The summed E-state index contributed by atoms with van der Waals surface area (Å²) in [4.78, 5) is 0. The van der Waals surface area contributed by atoms with E-state index in [-0.39, 0.29) is 12.1 Å². The number of hydrogen-bond donors (Lipinski definition) is 2. The van der Waals surface area contributed by atoms with Gasteiger partial charge >= 0.3 is 0 Å². The molecular formula is C7H7F2NO. The van der Waals surface area contributed by atoms with Gasteiger partial charge in [0.1, 0.15) is 5.82 Å². The van der Waals surface area contributed by atoms with Crippen LogP contribution in [0.2, 0.25) is 0 Å². The van der Waals surface area contributed by atoms with Gasteiger partial charge in [-0.1, -0.05) is 0 Å². The van der Waals surface area contributed by atoms with Crippen LogP contribution in [-0.2, 0) is 6.54 Å². The van der Waals surface area contributed by atoms with Crippen molar-refractivity contribution in [1.29, 1.82) is 0 Å². The predicted octanol–water partition coefficient (Wildman–Crippen LogP) is 1.13. The van der Waals surface area contributed by atoms with Crippen LogP contribution in [0.25, 0.3) is 0 Å². The van der Waals surface area contributed by atoms with Crippen molar-refractivity contribution in [2.45, 2.75) is 6.54 Å². The maximum absolute atomic E-state index is 12.7. The van der Waals surface area contributed by atoms with Crippen molar-refractivity contribution in [3.8, 4) is 5.75 Å². The second-order valence-corrected chi connectivity index (χ2v) is 2.06. The Balaban J connectivity index is 3.29. The summed E-state index contributed by atoms with van der Waals surface area (Å²) in [7, 11) is 0. The van der Waals surface area contributed by atoms with Crippen molar-refractivity contribution >= 4 is 0 Å². The largest absolute Gasteiger partial charge is 0.505 e. The van der Waals surface area contributed by atoms with Gasteiger partial charge in [0.25, 0.3) is 0 Å². The van der Waals surface area contributed by atoms with E-state index in [4.69, 9.17) is 10.8 Å². The van der Waals surface area contributed by atoms with E-state index in [1.807, 2.05) is 0 Å². The van der Waals surface area contributed by atoms with Crippen LogP contribution in [0.4, 0.5) is 8.78 Å². The number of phenols is 1. The summed E-state index contributed by atoms with van der Waals surface area (Å²) in [5.74, 6) is -2.29. The minimum Gasteiger partial charge on any atom is -0.505 e. The minimum atomic E-state index is -0.979. The smallest absolute Gasteiger partial charge is 0.172 e. The molecule has 2 nitrogen and oxygen atoms in total. The second-order valence-electron chi connectivity index (χ2n) is 2.06. The average Bonchev–Trinajstić information content (AvgIpc) is 1.99. The molecule has 0 aliphatic heterocycles. The molecule has 0 saturated carbocycles. The van der Waals surface area contributed by atoms with Gasteiger partial charge in [0.05, 0.1) is 0 Å². The van der Waals surface area contributed by atoms with Crippen molar-refractivity contribution in [3.05, 3.63) is 29.3 Å². The number of nitrogens with two attached hydrogens (primary N) is 1. The van der Waals surface area contributed by atoms with E-state index < -0.39 is 17.4 Å². The van der Waals surface area contributed by atoms with E-state index in [9.17, 15) is 8.78 Å². The van der Waals surface area contributed by atoms with Crippen LogP contribution in [0.1, 0.15) is 5.56 Å². The number of aromatic hydroxyl groups is 1. The molecule has 60 valence electrons. The number of rotatable bonds is 1. The molecular weight excluding hydrogens is 152 g/mol. The molecule has 0 amide bonds.